The first-order chi connectivity index (χ1) is 9.52. The molecule has 1 fully saturated rings. The summed E-state index contributed by atoms with van der Waals surface area (Å²) in [5.41, 5.74) is 0.125. The molecule has 1 aliphatic heterocycles. The zero-order chi connectivity index (χ0) is 14.8. The standard InChI is InChI=1S/C12H13ClN2O3S2/c13-12-9(6-14)2-1-3-11(12)20(17,18)15-4-5-19-8-10(15)7-16/h1-3,10,16H,4-5,7-8H2. The molecule has 1 atom stereocenters. The van der Waals surface area contributed by atoms with Gasteiger partial charge in [-0.15, -0.1) is 0 Å². The second-order valence-electron chi connectivity index (χ2n) is 4.26. The lowest BCUT2D eigenvalue weighted by Crippen LogP contribution is -2.47. The molecule has 20 heavy (non-hydrogen) atoms. The maximum atomic E-state index is 12.7. The number of nitriles is 1. The maximum Gasteiger partial charge on any atom is 0.244 e. The second-order valence-corrected chi connectivity index (χ2v) is 7.64. The second kappa shape index (κ2) is 6.33. The minimum absolute atomic E-state index is 0.0649. The Labute approximate surface area is 127 Å². The molecule has 1 unspecified atom stereocenters. The Bertz CT molecular complexity index is 643. The Balaban J connectivity index is 2.47. The van der Waals surface area contributed by atoms with E-state index in [4.69, 9.17) is 16.9 Å². The summed E-state index contributed by atoms with van der Waals surface area (Å²) in [6.45, 7) is 0.0904. The summed E-state index contributed by atoms with van der Waals surface area (Å²) >= 11 is 7.61. The predicted molar refractivity (Wildman–Crippen MR) is 78.3 cm³/mol. The van der Waals surface area contributed by atoms with Gasteiger partial charge in [0.15, 0.2) is 0 Å². The fraction of sp³-hybridized carbons (Fsp3) is 0.417. The molecule has 1 saturated heterocycles. The van der Waals surface area contributed by atoms with Crippen LogP contribution < -0.4 is 0 Å². The van der Waals surface area contributed by atoms with Crippen LogP contribution in [-0.2, 0) is 10.0 Å². The molecule has 1 aromatic carbocycles. The fourth-order valence-corrected chi connectivity index (χ4v) is 5.45. The monoisotopic (exact) mass is 332 g/mol. The Kier molecular flexibility index (Phi) is 4.94. The SMILES string of the molecule is N#Cc1cccc(S(=O)(=O)N2CCSCC2CO)c1Cl. The van der Waals surface area contributed by atoms with Crippen molar-refractivity contribution in [3.8, 4) is 6.07 Å². The minimum atomic E-state index is -3.81. The summed E-state index contributed by atoms with van der Waals surface area (Å²) in [5.74, 6) is 1.22. The lowest BCUT2D eigenvalue weighted by atomic mass is 10.2. The van der Waals surface area contributed by atoms with Crippen LogP contribution in [0.5, 0.6) is 0 Å². The quantitative estimate of drug-likeness (QED) is 0.902. The molecule has 0 spiro atoms. The highest BCUT2D eigenvalue weighted by Crippen LogP contribution is 2.30. The third kappa shape index (κ3) is 2.80. The van der Waals surface area contributed by atoms with Crippen molar-refractivity contribution in [2.75, 3.05) is 24.7 Å². The van der Waals surface area contributed by atoms with Crippen LogP contribution in [-0.4, -0.2) is 48.5 Å². The first kappa shape index (κ1) is 15.6. The van der Waals surface area contributed by atoms with Crippen molar-refractivity contribution >= 4 is 33.4 Å². The molecule has 1 N–H and O–H groups in total. The summed E-state index contributed by atoms with van der Waals surface area (Å²) in [6, 6.07) is 5.75. The molecule has 0 bridgehead atoms. The average molecular weight is 333 g/mol. The molecule has 5 nitrogen and oxygen atoms in total. The fourth-order valence-electron chi connectivity index (χ4n) is 2.02. The molecule has 108 valence electrons. The van der Waals surface area contributed by atoms with Gasteiger partial charge >= 0.3 is 0 Å². The van der Waals surface area contributed by atoms with Crippen LogP contribution in [0, 0.1) is 11.3 Å². The normalized spacial score (nSPS) is 20.6. The summed E-state index contributed by atoms with van der Waals surface area (Å²) in [6.07, 6.45) is 0. The summed E-state index contributed by atoms with van der Waals surface area (Å²) < 4.78 is 26.6. The van der Waals surface area contributed by atoms with Crippen molar-refractivity contribution in [1.82, 2.24) is 4.31 Å². The Morgan fingerprint density at radius 2 is 2.30 bits per heavy atom. The van der Waals surface area contributed by atoms with Gasteiger partial charge in [-0.05, 0) is 12.1 Å². The van der Waals surface area contributed by atoms with Crippen molar-refractivity contribution in [3.05, 3.63) is 28.8 Å². The van der Waals surface area contributed by atoms with Crippen molar-refractivity contribution in [3.63, 3.8) is 0 Å². The molecule has 2 rings (SSSR count). The van der Waals surface area contributed by atoms with Gasteiger partial charge < -0.3 is 5.11 Å². The van der Waals surface area contributed by atoms with Crippen molar-refractivity contribution < 1.29 is 13.5 Å². The van der Waals surface area contributed by atoms with Crippen LogP contribution in [0.2, 0.25) is 5.02 Å². The van der Waals surface area contributed by atoms with E-state index >= 15 is 0 Å². The Morgan fingerprint density at radius 1 is 1.55 bits per heavy atom. The molecule has 0 saturated carbocycles. The smallest absolute Gasteiger partial charge is 0.244 e. The van der Waals surface area contributed by atoms with Gasteiger partial charge in [0.25, 0.3) is 0 Å². The highest BCUT2D eigenvalue weighted by atomic mass is 35.5. The topological polar surface area (TPSA) is 81.4 Å². The number of thioether (sulfide) groups is 1. The molecule has 0 aliphatic carbocycles. The van der Waals surface area contributed by atoms with E-state index in [0.29, 0.717) is 18.1 Å². The summed E-state index contributed by atoms with van der Waals surface area (Å²) in [7, 11) is -3.81. The van der Waals surface area contributed by atoms with Crippen LogP contribution >= 0.6 is 23.4 Å². The Morgan fingerprint density at radius 3 is 2.95 bits per heavy atom. The zero-order valence-electron chi connectivity index (χ0n) is 10.5. The summed E-state index contributed by atoms with van der Waals surface area (Å²) in [5, 5.41) is 18.2. The largest absolute Gasteiger partial charge is 0.395 e. The highest BCUT2D eigenvalue weighted by molar-refractivity contribution is 7.99. The lowest BCUT2D eigenvalue weighted by Gasteiger charge is -2.33. The van der Waals surface area contributed by atoms with Gasteiger partial charge in [0.2, 0.25) is 10.0 Å². The van der Waals surface area contributed by atoms with Gasteiger partial charge in [0.1, 0.15) is 11.0 Å². The molecule has 1 aliphatic rings. The van der Waals surface area contributed by atoms with E-state index in [1.54, 1.807) is 11.8 Å². The molecule has 1 heterocycles. The molecule has 8 heteroatoms. The Hall–Kier alpha value is -0.780. The molecular weight excluding hydrogens is 320 g/mol. The van der Waals surface area contributed by atoms with Crippen LogP contribution in [0.25, 0.3) is 0 Å². The maximum absolute atomic E-state index is 12.7. The molecular formula is C12H13ClN2O3S2. The van der Waals surface area contributed by atoms with Gasteiger partial charge in [-0.2, -0.15) is 21.3 Å². The van der Waals surface area contributed by atoms with Gasteiger partial charge in [0.05, 0.1) is 23.2 Å². The van der Waals surface area contributed by atoms with Gasteiger partial charge in [-0.1, -0.05) is 17.7 Å². The number of aliphatic hydroxyl groups excluding tert-OH is 1. The van der Waals surface area contributed by atoms with E-state index in [1.165, 1.54) is 22.5 Å². The van der Waals surface area contributed by atoms with Crippen molar-refractivity contribution in [2.24, 2.45) is 0 Å². The molecule has 0 amide bonds. The molecule has 0 radical (unpaired) electrons. The zero-order valence-corrected chi connectivity index (χ0v) is 12.9. The number of aliphatic hydroxyl groups is 1. The predicted octanol–water partition coefficient (Wildman–Crippen LogP) is 1.31. The third-order valence-electron chi connectivity index (χ3n) is 3.05. The van der Waals surface area contributed by atoms with E-state index in [-0.39, 0.29) is 22.1 Å². The van der Waals surface area contributed by atoms with Gasteiger partial charge in [-0.25, -0.2) is 8.42 Å². The average Bonchev–Trinajstić information content (AvgIpc) is 2.47. The van der Waals surface area contributed by atoms with Crippen molar-refractivity contribution in [2.45, 2.75) is 10.9 Å². The number of hydrogen-bond acceptors (Lipinski definition) is 5. The first-order valence-electron chi connectivity index (χ1n) is 5.91. The van der Waals surface area contributed by atoms with Crippen LogP contribution in [0.3, 0.4) is 0 Å². The van der Waals surface area contributed by atoms with Gasteiger partial charge in [0, 0.05) is 18.1 Å². The van der Waals surface area contributed by atoms with Crippen LogP contribution in [0.15, 0.2) is 23.1 Å². The molecule has 1 aromatic rings. The van der Waals surface area contributed by atoms with E-state index in [1.807, 2.05) is 6.07 Å². The van der Waals surface area contributed by atoms with Crippen LogP contribution in [0.1, 0.15) is 5.56 Å². The number of benzene rings is 1. The van der Waals surface area contributed by atoms with E-state index < -0.39 is 16.1 Å². The molecule has 0 aromatic heterocycles. The number of sulfonamides is 1. The first-order valence-corrected chi connectivity index (χ1v) is 8.88. The number of rotatable bonds is 3. The minimum Gasteiger partial charge on any atom is -0.395 e. The summed E-state index contributed by atoms with van der Waals surface area (Å²) in [4.78, 5) is -0.0800. The number of halogens is 1. The lowest BCUT2D eigenvalue weighted by molar-refractivity contribution is 0.202. The third-order valence-corrected chi connectivity index (χ3v) is 6.66. The van der Waals surface area contributed by atoms with Gasteiger partial charge in [-0.3, -0.25) is 0 Å². The van der Waals surface area contributed by atoms with Crippen molar-refractivity contribution in [1.29, 1.82) is 5.26 Å². The van der Waals surface area contributed by atoms with E-state index in [0.717, 1.165) is 0 Å². The van der Waals surface area contributed by atoms with E-state index in [2.05, 4.69) is 0 Å². The van der Waals surface area contributed by atoms with E-state index in [9.17, 15) is 13.5 Å². The highest BCUT2D eigenvalue weighted by Gasteiger charge is 2.35. The number of hydrogen-bond donors (Lipinski definition) is 1. The van der Waals surface area contributed by atoms with Crippen LogP contribution in [0.4, 0.5) is 0 Å². The number of nitrogens with zero attached hydrogens (tertiary/aromatic N) is 2.